The Hall–Kier alpha value is -3.87. The summed E-state index contributed by atoms with van der Waals surface area (Å²) in [6, 6.07) is 17.3. The van der Waals surface area contributed by atoms with Crippen LogP contribution in [0.5, 0.6) is 11.5 Å². The molecule has 0 saturated carbocycles. The van der Waals surface area contributed by atoms with Crippen molar-refractivity contribution in [3.8, 4) is 11.5 Å². The summed E-state index contributed by atoms with van der Waals surface area (Å²) in [5.41, 5.74) is 3.31. The van der Waals surface area contributed by atoms with Crippen LogP contribution in [-0.2, 0) is 11.2 Å². The molecule has 0 aliphatic carbocycles. The number of carbonyl (C=O) groups excluding carboxylic acids is 2. The van der Waals surface area contributed by atoms with Crippen LogP contribution in [0.15, 0.2) is 67.0 Å². The van der Waals surface area contributed by atoms with Crippen LogP contribution < -0.4 is 9.47 Å². The van der Waals surface area contributed by atoms with Gasteiger partial charge in [-0.1, -0.05) is 36.4 Å². The van der Waals surface area contributed by atoms with E-state index in [1.165, 1.54) is 5.56 Å². The first-order valence-electron chi connectivity index (χ1n) is 12.8. The van der Waals surface area contributed by atoms with Gasteiger partial charge in [-0.15, -0.1) is 0 Å². The summed E-state index contributed by atoms with van der Waals surface area (Å²) in [5.74, 6) is 0.814. The molecule has 7 nitrogen and oxygen atoms in total. The van der Waals surface area contributed by atoms with E-state index in [-0.39, 0.29) is 11.8 Å². The van der Waals surface area contributed by atoms with E-state index >= 15 is 0 Å². The number of piperidine rings is 1. The molecule has 192 valence electrons. The Morgan fingerprint density at radius 1 is 1.00 bits per heavy atom. The molecular weight excluding hydrogens is 466 g/mol. The molecular formula is C30H33N3O4. The summed E-state index contributed by atoms with van der Waals surface area (Å²) < 4.78 is 11.0. The highest BCUT2D eigenvalue weighted by atomic mass is 16.5. The predicted octanol–water partition coefficient (Wildman–Crippen LogP) is 4.49. The summed E-state index contributed by atoms with van der Waals surface area (Å²) in [4.78, 5) is 35.7. The molecule has 0 radical (unpaired) electrons. The van der Waals surface area contributed by atoms with Crippen molar-refractivity contribution in [1.29, 1.82) is 0 Å². The molecule has 5 rings (SSSR count). The highest BCUT2D eigenvalue weighted by Gasteiger charge is 2.45. The predicted molar refractivity (Wildman–Crippen MR) is 141 cm³/mol. The van der Waals surface area contributed by atoms with Crippen molar-refractivity contribution >= 4 is 11.8 Å². The minimum atomic E-state index is -0.577. The van der Waals surface area contributed by atoms with Crippen LogP contribution in [0.25, 0.3) is 0 Å². The van der Waals surface area contributed by atoms with E-state index < -0.39 is 12.0 Å². The van der Waals surface area contributed by atoms with E-state index in [0.29, 0.717) is 41.6 Å². The number of ether oxygens (including phenoxy) is 2. The molecule has 2 aliphatic rings. The zero-order valence-corrected chi connectivity index (χ0v) is 21.6. The number of methoxy groups -OCH3 is 2. The second-order valence-corrected chi connectivity index (χ2v) is 9.88. The van der Waals surface area contributed by atoms with Gasteiger partial charge in [-0.3, -0.25) is 14.6 Å². The molecule has 7 heteroatoms. The summed E-state index contributed by atoms with van der Waals surface area (Å²) in [5, 5.41) is 0. The molecule has 2 atom stereocenters. The molecule has 0 N–H and O–H groups in total. The fourth-order valence-corrected chi connectivity index (χ4v) is 5.78. The van der Waals surface area contributed by atoms with Crippen molar-refractivity contribution in [3.63, 3.8) is 0 Å². The van der Waals surface area contributed by atoms with Crippen LogP contribution in [0.1, 0.15) is 51.8 Å². The van der Waals surface area contributed by atoms with Gasteiger partial charge < -0.3 is 19.3 Å². The zero-order chi connectivity index (χ0) is 25.9. The van der Waals surface area contributed by atoms with Crippen molar-refractivity contribution in [1.82, 2.24) is 14.8 Å². The molecule has 2 aliphatic heterocycles. The van der Waals surface area contributed by atoms with Crippen molar-refractivity contribution < 1.29 is 19.1 Å². The van der Waals surface area contributed by atoms with Gasteiger partial charge in [0.25, 0.3) is 5.91 Å². The summed E-state index contributed by atoms with van der Waals surface area (Å²) >= 11 is 0. The number of carbonyl (C=O) groups is 2. The Balaban J connectivity index is 1.48. The van der Waals surface area contributed by atoms with E-state index in [2.05, 4.69) is 29.2 Å². The van der Waals surface area contributed by atoms with Crippen LogP contribution in [0, 0.1) is 5.92 Å². The highest BCUT2D eigenvalue weighted by molar-refractivity contribution is 6.02. The van der Waals surface area contributed by atoms with Crippen molar-refractivity contribution in [3.05, 3.63) is 89.2 Å². The van der Waals surface area contributed by atoms with Crippen molar-refractivity contribution in [2.45, 2.75) is 31.2 Å². The molecule has 3 heterocycles. The van der Waals surface area contributed by atoms with E-state index in [4.69, 9.17) is 9.47 Å². The maximum absolute atomic E-state index is 14.3. The number of hydrogen-bond acceptors (Lipinski definition) is 5. The minimum Gasteiger partial charge on any atom is -0.493 e. The van der Waals surface area contributed by atoms with Crippen LogP contribution in [0.2, 0.25) is 0 Å². The molecule has 1 aromatic heterocycles. The standard InChI is InChI=1S/C30H33N3O4/c1-32-28(22-10-7-13-31-19-22)27(23-17-25(36-2)26(37-3)18-24(23)29(32)34)30(35)33-14-11-21(12-15-33)16-20-8-5-4-6-9-20/h4-10,13,17-19,21,27-28H,11-12,14-16H2,1-3H3/t27-,28+/m1/s1. The van der Waals surface area contributed by atoms with Crippen LogP contribution in [0.4, 0.5) is 0 Å². The fraction of sp³-hybridized carbons (Fsp3) is 0.367. The molecule has 0 bridgehead atoms. The second-order valence-electron chi connectivity index (χ2n) is 9.88. The van der Waals surface area contributed by atoms with E-state index in [1.54, 1.807) is 50.7 Å². The highest BCUT2D eigenvalue weighted by Crippen LogP contribution is 2.46. The van der Waals surface area contributed by atoms with Gasteiger partial charge in [-0.05, 0) is 60.1 Å². The normalized spacial score (nSPS) is 19.9. The number of rotatable bonds is 6. The molecule has 1 saturated heterocycles. The van der Waals surface area contributed by atoms with E-state index in [0.717, 1.165) is 24.8 Å². The average Bonchev–Trinajstić information content (AvgIpc) is 2.95. The monoisotopic (exact) mass is 499 g/mol. The smallest absolute Gasteiger partial charge is 0.254 e. The summed E-state index contributed by atoms with van der Waals surface area (Å²) in [6.45, 7) is 1.40. The number of aromatic nitrogens is 1. The van der Waals surface area contributed by atoms with E-state index in [9.17, 15) is 9.59 Å². The first-order chi connectivity index (χ1) is 18.0. The van der Waals surface area contributed by atoms with Crippen LogP contribution in [-0.4, -0.2) is 61.0 Å². The third-order valence-electron chi connectivity index (χ3n) is 7.76. The Bertz CT molecular complexity index is 1260. The number of likely N-dealkylation sites (tertiary alicyclic amines) is 1. The second kappa shape index (κ2) is 10.6. The number of amides is 2. The summed E-state index contributed by atoms with van der Waals surface area (Å²) in [7, 11) is 4.86. The first-order valence-corrected chi connectivity index (χ1v) is 12.8. The third-order valence-corrected chi connectivity index (χ3v) is 7.76. The number of hydrogen-bond donors (Lipinski definition) is 0. The van der Waals surface area contributed by atoms with Gasteiger partial charge in [0.05, 0.1) is 26.2 Å². The number of nitrogens with zero attached hydrogens (tertiary/aromatic N) is 3. The number of likely N-dealkylation sites (N-methyl/N-ethyl adjacent to an activating group) is 1. The molecule has 1 fully saturated rings. The lowest BCUT2D eigenvalue weighted by molar-refractivity contribution is -0.136. The SMILES string of the molecule is COc1cc2c(cc1OC)[C@@H](C(=O)N1CCC(Cc3ccccc3)CC1)[C@H](c1cccnc1)N(C)C2=O. The van der Waals surface area contributed by atoms with Gasteiger partial charge >= 0.3 is 0 Å². The zero-order valence-electron chi connectivity index (χ0n) is 21.6. The van der Waals surface area contributed by atoms with Crippen molar-refractivity contribution in [2.75, 3.05) is 34.4 Å². The quantitative estimate of drug-likeness (QED) is 0.500. The largest absolute Gasteiger partial charge is 0.493 e. The molecule has 0 spiro atoms. The molecule has 0 unspecified atom stereocenters. The van der Waals surface area contributed by atoms with Gasteiger partial charge in [0.15, 0.2) is 11.5 Å². The average molecular weight is 500 g/mol. The van der Waals surface area contributed by atoms with Gasteiger partial charge in [0, 0.05) is 38.1 Å². The lowest BCUT2D eigenvalue weighted by Crippen LogP contribution is -2.48. The van der Waals surface area contributed by atoms with Gasteiger partial charge in [0.2, 0.25) is 5.91 Å². The summed E-state index contributed by atoms with van der Waals surface area (Å²) in [6.07, 6.45) is 6.38. The van der Waals surface area contributed by atoms with Crippen LogP contribution in [0.3, 0.4) is 0 Å². The number of fused-ring (bicyclic) bond motifs is 1. The van der Waals surface area contributed by atoms with Gasteiger partial charge in [-0.2, -0.15) is 0 Å². The Labute approximate surface area is 218 Å². The topological polar surface area (TPSA) is 72.0 Å². The molecule has 37 heavy (non-hydrogen) atoms. The maximum atomic E-state index is 14.3. The Morgan fingerprint density at radius 3 is 2.35 bits per heavy atom. The third kappa shape index (κ3) is 4.78. The van der Waals surface area contributed by atoms with Crippen molar-refractivity contribution in [2.24, 2.45) is 5.92 Å². The van der Waals surface area contributed by atoms with Gasteiger partial charge in [0.1, 0.15) is 0 Å². The maximum Gasteiger partial charge on any atom is 0.254 e. The lowest BCUT2D eigenvalue weighted by atomic mass is 9.78. The fourth-order valence-electron chi connectivity index (χ4n) is 5.78. The lowest BCUT2D eigenvalue weighted by Gasteiger charge is -2.43. The minimum absolute atomic E-state index is 0.0276. The molecule has 2 amide bonds. The molecule has 2 aromatic carbocycles. The van der Waals surface area contributed by atoms with Crippen LogP contribution >= 0.6 is 0 Å². The number of pyridine rings is 1. The Kier molecular flexibility index (Phi) is 7.12. The number of benzene rings is 2. The van der Waals surface area contributed by atoms with E-state index in [1.807, 2.05) is 23.1 Å². The molecule has 3 aromatic rings. The Morgan fingerprint density at radius 2 is 1.70 bits per heavy atom. The van der Waals surface area contributed by atoms with Gasteiger partial charge in [-0.25, -0.2) is 0 Å². The first kappa shape index (κ1) is 24.8.